The molecule has 21 heavy (non-hydrogen) atoms. The van der Waals surface area contributed by atoms with Crippen molar-refractivity contribution in [2.24, 2.45) is 10.9 Å². The number of aromatic nitrogens is 1. The number of halogens is 1. The summed E-state index contributed by atoms with van der Waals surface area (Å²) in [5.74, 6) is -0.300. The summed E-state index contributed by atoms with van der Waals surface area (Å²) in [6, 6.07) is 10.0. The van der Waals surface area contributed by atoms with Crippen LogP contribution < -0.4 is 11.1 Å². The fourth-order valence-corrected chi connectivity index (χ4v) is 2.02. The predicted molar refractivity (Wildman–Crippen MR) is 78.4 cm³/mol. The molecule has 4 N–H and O–H groups in total. The monoisotopic (exact) mass is 288 g/mol. The van der Waals surface area contributed by atoms with Gasteiger partial charge in [0.2, 0.25) is 0 Å². The molecule has 1 aromatic heterocycles. The fraction of sp³-hybridized carbons (Fsp3) is 0.200. The molecule has 0 saturated heterocycles. The van der Waals surface area contributed by atoms with Crippen LogP contribution >= 0.6 is 0 Å². The van der Waals surface area contributed by atoms with E-state index in [1.165, 1.54) is 12.1 Å². The van der Waals surface area contributed by atoms with Crippen LogP contribution in [0.4, 0.5) is 4.39 Å². The number of rotatable bonds is 5. The van der Waals surface area contributed by atoms with Crippen molar-refractivity contribution >= 4 is 5.84 Å². The Morgan fingerprint density at radius 2 is 2.24 bits per heavy atom. The molecule has 0 bridgehead atoms. The highest BCUT2D eigenvalue weighted by molar-refractivity contribution is 5.96. The van der Waals surface area contributed by atoms with E-state index >= 15 is 0 Å². The molecule has 0 aliphatic carbocycles. The Kier molecular flexibility index (Phi) is 4.84. The highest BCUT2D eigenvalue weighted by Crippen LogP contribution is 2.15. The van der Waals surface area contributed by atoms with E-state index < -0.39 is 0 Å². The largest absolute Gasteiger partial charge is 0.409 e. The van der Waals surface area contributed by atoms with Crippen LogP contribution in [-0.4, -0.2) is 16.0 Å². The smallest absolute Gasteiger partial charge is 0.189 e. The van der Waals surface area contributed by atoms with Gasteiger partial charge in [0.15, 0.2) is 5.84 Å². The molecule has 0 aliphatic rings. The lowest BCUT2D eigenvalue weighted by Crippen LogP contribution is -2.23. The van der Waals surface area contributed by atoms with E-state index in [-0.39, 0.29) is 17.7 Å². The Morgan fingerprint density at radius 1 is 1.43 bits per heavy atom. The number of oxime groups is 1. The van der Waals surface area contributed by atoms with Crippen LogP contribution in [0.25, 0.3) is 0 Å². The predicted octanol–water partition coefficient (Wildman–Crippen LogP) is 2.17. The number of benzene rings is 1. The normalized spacial score (nSPS) is 13.1. The minimum Gasteiger partial charge on any atom is -0.409 e. The van der Waals surface area contributed by atoms with Gasteiger partial charge in [0.1, 0.15) is 11.5 Å². The zero-order valence-electron chi connectivity index (χ0n) is 11.6. The van der Waals surface area contributed by atoms with Crippen molar-refractivity contribution in [2.45, 2.75) is 19.5 Å². The van der Waals surface area contributed by atoms with Gasteiger partial charge in [0.25, 0.3) is 0 Å². The molecular formula is C15H17FN4O. The van der Waals surface area contributed by atoms with E-state index in [1.807, 2.05) is 19.1 Å². The van der Waals surface area contributed by atoms with Gasteiger partial charge in [-0.1, -0.05) is 23.4 Å². The third-order valence-corrected chi connectivity index (χ3v) is 3.19. The van der Waals surface area contributed by atoms with E-state index in [2.05, 4.69) is 15.5 Å². The molecule has 0 amide bonds. The van der Waals surface area contributed by atoms with Crippen molar-refractivity contribution in [3.05, 3.63) is 65.2 Å². The first-order valence-corrected chi connectivity index (χ1v) is 6.52. The zero-order chi connectivity index (χ0) is 15.2. The van der Waals surface area contributed by atoms with Crippen LogP contribution in [0.1, 0.15) is 29.8 Å². The number of hydrogen-bond donors (Lipinski definition) is 3. The summed E-state index contributed by atoms with van der Waals surface area (Å²) >= 11 is 0. The lowest BCUT2D eigenvalue weighted by molar-refractivity contribution is 0.318. The van der Waals surface area contributed by atoms with Crippen LogP contribution in [0.2, 0.25) is 0 Å². The van der Waals surface area contributed by atoms with Crippen molar-refractivity contribution < 1.29 is 9.60 Å². The summed E-state index contributed by atoms with van der Waals surface area (Å²) in [4.78, 5) is 4.10. The molecule has 0 fully saturated rings. The second-order valence-electron chi connectivity index (χ2n) is 4.65. The van der Waals surface area contributed by atoms with Crippen molar-refractivity contribution in [3.8, 4) is 0 Å². The Balaban J connectivity index is 2.10. The summed E-state index contributed by atoms with van der Waals surface area (Å²) in [6.45, 7) is 2.41. The quantitative estimate of drug-likeness (QED) is 0.341. The molecular weight excluding hydrogens is 271 g/mol. The molecule has 6 heteroatoms. The van der Waals surface area contributed by atoms with Crippen LogP contribution in [0.15, 0.2) is 47.8 Å². The van der Waals surface area contributed by atoms with Crippen LogP contribution in [0.3, 0.4) is 0 Å². The molecule has 0 aliphatic heterocycles. The molecule has 1 aromatic carbocycles. The average molecular weight is 288 g/mol. The maximum atomic E-state index is 13.2. The number of nitrogens with two attached hydrogens (primary N) is 1. The Hall–Kier alpha value is -2.47. The lowest BCUT2D eigenvalue weighted by atomic mass is 10.1. The second-order valence-corrected chi connectivity index (χ2v) is 4.65. The summed E-state index contributed by atoms with van der Waals surface area (Å²) in [5, 5.41) is 15.0. The minimum absolute atomic E-state index is 0.0363. The van der Waals surface area contributed by atoms with E-state index in [4.69, 9.17) is 10.9 Å². The SMILES string of the molecule is C[C@@H](NCc1cccnc1/C(N)=N/O)c1cccc(F)c1. The molecule has 0 radical (unpaired) electrons. The van der Waals surface area contributed by atoms with Crippen LogP contribution in [0.5, 0.6) is 0 Å². The first-order valence-electron chi connectivity index (χ1n) is 6.52. The van der Waals surface area contributed by atoms with Crippen molar-refractivity contribution in [1.29, 1.82) is 0 Å². The van der Waals surface area contributed by atoms with E-state index in [0.29, 0.717) is 12.2 Å². The van der Waals surface area contributed by atoms with E-state index in [1.54, 1.807) is 18.3 Å². The summed E-state index contributed by atoms with van der Waals surface area (Å²) < 4.78 is 13.2. The second kappa shape index (κ2) is 6.81. The molecule has 2 aromatic rings. The summed E-state index contributed by atoms with van der Waals surface area (Å²) in [6.07, 6.45) is 1.58. The Labute approximate surface area is 122 Å². The van der Waals surface area contributed by atoms with Crippen LogP contribution in [0, 0.1) is 5.82 Å². The highest BCUT2D eigenvalue weighted by Gasteiger charge is 2.10. The Morgan fingerprint density at radius 3 is 2.95 bits per heavy atom. The third-order valence-electron chi connectivity index (χ3n) is 3.19. The van der Waals surface area contributed by atoms with Gasteiger partial charge < -0.3 is 16.3 Å². The highest BCUT2D eigenvalue weighted by atomic mass is 19.1. The molecule has 1 atom stereocenters. The number of amidine groups is 1. The Bertz CT molecular complexity index is 645. The van der Waals surface area contributed by atoms with Gasteiger partial charge in [-0.15, -0.1) is 0 Å². The molecule has 0 saturated carbocycles. The van der Waals surface area contributed by atoms with E-state index in [9.17, 15) is 4.39 Å². The van der Waals surface area contributed by atoms with Gasteiger partial charge in [-0.3, -0.25) is 4.98 Å². The number of hydrogen-bond acceptors (Lipinski definition) is 4. The lowest BCUT2D eigenvalue weighted by Gasteiger charge is -2.15. The van der Waals surface area contributed by atoms with Crippen molar-refractivity contribution in [2.75, 3.05) is 0 Å². The zero-order valence-corrected chi connectivity index (χ0v) is 11.6. The number of nitrogens with zero attached hydrogens (tertiary/aromatic N) is 2. The van der Waals surface area contributed by atoms with Gasteiger partial charge in [-0.25, -0.2) is 4.39 Å². The molecule has 0 unspecified atom stereocenters. The fourth-order valence-electron chi connectivity index (χ4n) is 2.02. The number of pyridine rings is 1. The minimum atomic E-state index is -0.264. The van der Waals surface area contributed by atoms with Crippen molar-refractivity contribution in [1.82, 2.24) is 10.3 Å². The van der Waals surface area contributed by atoms with E-state index in [0.717, 1.165) is 11.1 Å². The maximum Gasteiger partial charge on any atom is 0.189 e. The summed E-state index contributed by atoms with van der Waals surface area (Å²) in [7, 11) is 0. The van der Waals surface area contributed by atoms with Gasteiger partial charge in [-0.2, -0.15) is 0 Å². The van der Waals surface area contributed by atoms with Crippen LogP contribution in [-0.2, 0) is 6.54 Å². The van der Waals surface area contributed by atoms with Crippen molar-refractivity contribution in [3.63, 3.8) is 0 Å². The standard InChI is InChI=1S/C15H17FN4O/c1-10(11-4-2-6-13(16)8-11)19-9-12-5-3-7-18-14(12)15(17)20-21/h2-8,10,19,21H,9H2,1H3,(H2,17,20)/t10-/m1/s1. The van der Waals surface area contributed by atoms with Gasteiger partial charge in [0.05, 0.1) is 0 Å². The first kappa shape index (κ1) is 14.9. The maximum absolute atomic E-state index is 13.2. The third kappa shape index (κ3) is 3.76. The average Bonchev–Trinajstić information content (AvgIpc) is 2.52. The topological polar surface area (TPSA) is 83.5 Å². The molecule has 110 valence electrons. The van der Waals surface area contributed by atoms with Gasteiger partial charge in [0, 0.05) is 18.8 Å². The number of nitrogens with one attached hydrogen (secondary N) is 1. The van der Waals surface area contributed by atoms with Gasteiger partial charge in [-0.05, 0) is 36.2 Å². The molecule has 2 rings (SSSR count). The first-order chi connectivity index (χ1) is 10.1. The molecule has 5 nitrogen and oxygen atoms in total. The summed E-state index contributed by atoms with van der Waals surface area (Å²) in [5.41, 5.74) is 7.68. The molecule has 1 heterocycles. The molecule has 0 spiro atoms. The van der Waals surface area contributed by atoms with Gasteiger partial charge >= 0.3 is 0 Å².